The maximum absolute atomic E-state index is 11.7. The second kappa shape index (κ2) is 5.98. The molecule has 3 N–H and O–H groups in total. The number of carbonyl (C=O) groups is 1. The fourth-order valence-corrected chi connectivity index (χ4v) is 1.84. The van der Waals surface area contributed by atoms with Crippen LogP contribution in [-0.4, -0.2) is 43.5 Å². The zero-order chi connectivity index (χ0) is 10.4. The van der Waals surface area contributed by atoms with Crippen LogP contribution in [0.1, 0.15) is 25.7 Å². The van der Waals surface area contributed by atoms with E-state index in [-0.39, 0.29) is 11.9 Å². The number of amides is 1. The number of carbonyl (C=O) groups excluding carboxylic acids is 1. The van der Waals surface area contributed by atoms with E-state index in [4.69, 9.17) is 5.73 Å². The lowest BCUT2D eigenvalue weighted by Gasteiger charge is -2.31. The minimum absolute atomic E-state index is 0.0847. The van der Waals surface area contributed by atoms with Gasteiger partial charge in [-0.25, -0.2) is 0 Å². The summed E-state index contributed by atoms with van der Waals surface area (Å²) in [5.41, 5.74) is 5.36. The minimum Gasteiger partial charge on any atom is -0.355 e. The highest BCUT2D eigenvalue weighted by Crippen LogP contribution is 2.14. The lowest BCUT2D eigenvalue weighted by molar-refractivity contribution is -0.127. The molecule has 0 bridgehead atoms. The Morgan fingerprint density at radius 1 is 1.57 bits per heavy atom. The van der Waals surface area contributed by atoms with E-state index in [2.05, 4.69) is 10.2 Å². The van der Waals surface area contributed by atoms with Crippen molar-refractivity contribution in [2.24, 2.45) is 5.73 Å². The van der Waals surface area contributed by atoms with Crippen molar-refractivity contribution in [3.8, 4) is 0 Å². The van der Waals surface area contributed by atoms with Gasteiger partial charge in [0.1, 0.15) is 0 Å². The second-order valence-corrected chi connectivity index (χ2v) is 3.93. The quantitative estimate of drug-likeness (QED) is 0.623. The lowest BCUT2D eigenvalue weighted by atomic mass is 10.0. The van der Waals surface area contributed by atoms with Crippen LogP contribution in [0.15, 0.2) is 0 Å². The molecule has 1 aliphatic rings. The van der Waals surface area contributed by atoms with Gasteiger partial charge in [0.15, 0.2) is 0 Å². The third-order valence-electron chi connectivity index (χ3n) is 2.75. The SMILES string of the molecule is CN1CCCCC1C(=O)NCCCN. The Morgan fingerprint density at radius 3 is 3.00 bits per heavy atom. The van der Waals surface area contributed by atoms with E-state index in [0.717, 1.165) is 19.4 Å². The summed E-state index contributed by atoms with van der Waals surface area (Å²) in [6.07, 6.45) is 4.23. The summed E-state index contributed by atoms with van der Waals surface area (Å²) < 4.78 is 0. The van der Waals surface area contributed by atoms with E-state index in [1.165, 1.54) is 12.8 Å². The molecule has 0 radical (unpaired) electrons. The van der Waals surface area contributed by atoms with E-state index >= 15 is 0 Å². The fraction of sp³-hybridized carbons (Fsp3) is 0.900. The predicted molar refractivity (Wildman–Crippen MR) is 57.0 cm³/mol. The Balaban J connectivity index is 2.27. The van der Waals surface area contributed by atoms with Gasteiger partial charge in [-0.3, -0.25) is 9.69 Å². The van der Waals surface area contributed by atoms with E-state index in [0.29, 0.717) is 13.1 Å². The third kappa shape index (κ3) is 3.27. The van der Waals surface area contributed by atoms with Crippen LogP contribution in [-0.2, 0) is 4.79 Å². The summed E-state index contributed by atoms with van der Waals surface area (Å²) in [6.45, 7) is 2.38. The van der Waals surface area contributed by atoms with Crippen molar-refractivity contribution in [2.75, 3.05) is 26.7 Å². The Hall–Kier alpha value is -0.610. The molecule has 1 saturated heterocycles. The van der Waals surface area contributed by atoms with Crippen molar-refractivity contribution < 1.29 is 4.79 Å². The van der Waals surface area contributed by atoms with Crippen molar-refractivity contribution in [1.29, 1.82) is 0 Å². The number of likely N-dealkylation sites (tertiary alicyclic amines) is 1. The molecular formula is C10H21N3O. The second-order valence-electron chi connectivity index (χ2n) is 3.93. The normalized spacial score (nSPS) is 23.4. The number of piperidine rings is 1. The maximum Gasteiger partial charge on any atom is 0.237 e. The van der Waals surface area contributed by atoms with Crippen molar-refractivity contribution in [2.45, 2.75) is 31.7 Å². The summed E-state index contributed by atoms with van der Waals surface area (Å²) >= 11 is 0. The highest BCUT2D eigenvalue weighted by atomic mass is 16.2. The number of hydrogen-bond donors (Lipinski definition) is 2. The molecule has 1 heterocycles. The highest BCUT2D eigenvalue weighted by Gasteiger charge is 2.24. The van der Waals surface area contributed by atoms with Crippen molar-refractivity contribution in [3.05, 3.63) is 0 Å². The molecule has 1 amide bonds. The number of hydrogen-bond acceptors (Lipinski definition) is 3. The standard InChI is InChI=1S/C10H21N3O/c1-13-8-3-2-5-9(13)10(14)12-7-4-6-11/h9H,2-8,11H2,1H3,(H,12,14). The Labute approximate surface area is 85.8 Å². The Morgan fingerprint density at radius 2 is 2.36 bits per heavy atom. The number of likely N-dealkylation sites (N-methyl/N-ethyl adjacent to an activating group) is 1. The third-order valence-corrected chi connectivity index (χ3v) is 2.75. The highest BCUT2D eigenvalue weighted by molar-refractivity contribution is 5.81. The molecular weight excluding hydrogens is 178 g/mol. The molecule has 0 aliphatic carbocycles. The molecule has 4 nitrogen and oxygen atoms in total. The fourth-order valence-electron chi connectivity index (χ4n) is 1.84. The van der Waals surface area contributed by atoms with Crippen molar-refractivity contribution >= 4 is 5.91 Å². The number of nitrogens with one attached hydrogen (secondary N) is 1. The van der Waals surface area contributed by atoms with Crippen LogP contribution in [0.4, 0.5) is 0 Å². The molecule has 1 rings (SSSR count). The van der Waals surface area contributed by atoms with Crippen molar-refractivity contribution in [1.82, 2.24) is 10.2 Å². The average Bonchev–Trinajstić information content (AvgIpc) is 2.18. The van der Waals surface area contributed by atoms with E-state index < -0.39 is 0 Å². The molecule has 1 fully saturated rings. The van der Waals surface area contributed by atoms with Gasteiger partial charge in [-0.1, -0.05) is 6.42 Å². The molecule has 0 spiro atoms. The van der Waals surface area contributed by atoms with E-state index in [1.807, 2.05) is 7.05 Å². The molecule has 0 aromatic carbocycles. The van der Waals surface area contributed by atoms with Gasteiger partial charge in [0, 0.05) is 6.54 Å². The zero-order valence-corrected chi connectivity index (χ0v) is 8.96. The Kier molecular flexibility index (Phi) is 4.90. The molecule has 1 unspecified atom stereocenters. The number of nitrogens with zero attached hydrogens (tertiary/aromatic N) is 1. The average molecular weight is 199 g/mol. The van der Waals surface area contributed by atoms with Gasteiger partial charge in [0.2, 0.25) is 5.91 Å². The van der Waals surface area contributed by atoms with Crippen molar-refractivity contribution in [3.63, 3.8) is 0 Å². The molecule has 0 aromatic heterocycles. The van der Waals surface area contributed by atoms with E-state index in [1.54, 1.807) is 0 Å². The van der Waals surface area contributed by atoms with Gasteiger partial charge in [-0.15, -0.1) is 0 Å². The van der Waals surface area contributed by atoms with Crippen LogP contribution in [0.3, 0.4) is 0 Å². The van der Waals surface area contributed by atoms with Gasteiger partial charge >= 0.3 is 0 Å². The van der Waals surface area contributed by atoms with Crippen LogP contribution >= 0.6 is 0 Å². The van der Waals surface area contributed by atoms with Crippen LogP contribution in [0.2, 0.25) is 0 Å². The summed E-state index contributed by atoms with van der Waals surface area (Å²) in [4.78, 5) is 13.8. The minimum atomic E-state index is 0.0847. The first kappa shape index (κ1) is 11.5. The summed E-state index contributed by atoms with van der Waals surface area (Å²) in [6, 6.07) is 0.0847. The van der Waals surface area contributed by atoms with Gasteiger partial charge in [-0.2, -0.15) is 0 Å². The van der Waals surface area contributed by atoms with Crippen LogP contribution < -0.4 is 11.1 Å². The molecule has 14 heavy (non-hydrogen) atoms. The summed E-state index contributed by atoms with van der Waals surface area (Å²) in [5.74, 6) is 0.167. The number of rotatable bonds is 4. The molecule has 1 aliphatic heterocycles. The summed E-state index contributed by atoms with van der Waals surface area (Å²) in [5, 5.41) is 2.92. The topological polar surface area (TPSA) is 58.4 Å². The van der Waals surface area contributed by atoms with Gasteiger partial charge in [0.25, 0.3) is 0 Å². The molecule has 0 aromatic rings. The van der Waals surface area contributed by atoms with E-state index in [9.17, 15) is 4.79 Å². The van der Waals surface area contributed by atoms with Gasteiger partial charge in [0.05, 0.1) is 6.04 Å². The first-order valence-electron chi connectivity index (χ1n) is 5.43. The summed E-state index contributed by atoms with van der Waals surface area (Å²) in [7, 11) is 2.02. The lowest BCUT2D eigenvalue weighted by Crippen LogP contribution is -2.47. The zero-order valence-electron chi connectivity index (χ0n) is 8.96. The van der Waals surface area contributed by atoms with Gasteiger partial charge in [-0.05, 0) is 39.4 Å². The largest absolute Gasteiger partial charge is 0.355 e. The van der Waals surface area contributed by atoms with Gasteiger partial charge < -0.3 is 11.1 Å². The monoisotopic (exact) mass is 199 g/mol. The molecule has 4 heteroatoms. The predicted octanol–water partition coefficient (Wildman–Crippen LogP) is -0.0643. The van der Waals surface area contributed by atoms with Crippen LogP contribution in [0.25, 0.3) is 0 Å². The van der Waals surface area contributed by atoms with Crippen LogP contribution in [0, 0.1) is 0 Å². The molecule has 1 atom stereocenters. The maximum atomic E-state index is 11.7. The first-order chi connectivity index (χ1) is 6.75. The smallest absolute Gasteiger partial charge is 0.237 e. The first-order valence-corrected chi connectivity index (χ1v) is 5.43. The Bertz CT molecular complexity index is 184. The molecule has 82 valence electrons. The van der Waals surface area contributed by atoms with Crippen LogP contribution in [0.5, 0.6) is 0 Å². The number of nitrogens with two attached hydrogens (primary N) is 1. The molecule has 0 saturated carbocycles.